The van der Waals surface area contributed by atoms with E-state index in [0.29, 0.717) is 0 Å². The molecule has 0 spiro atoms. The second-order valence-electron chi connectivity index (χ2n) is 20.2. The van der Waals surface area contributed by atoms with Crippen molar-refractivity contribution >= 4 is 23.6 Å². The zero-order chi connectivity index (χ0) is 59.4. The van der Waals surface area contributed by atoms with Gasteiger partial charge in [0, 0.05) is 27.7 Å². The number of aliphatic hydroxyl groups excluding tert-OH is 15. The number of nitrogens with one attached hydrogen (secondary N) is 4. The van der Waals surface area contributed by atoms with Crippen LogP contribution >= 0.6 is 0 Å². The number of amides is 4. The minimum atomic E-state index is -3.53. The van der Waals surface area contributed by atoms with Gasteiger partial charge in [0.25, 0.3) is 0 Å². The minimum Gasteiger partial charge on any atom is -0.394 e. The van der Waals surface area contributed by atoms with Gasteiger partial charge in [-0.25, -0.2) is 0 Å². The van der Waals surface area contributed by atoms with Crippen LogP contribution in [0.5, 0.6) is 0 Å². The first-order chi connectivity index (χ1) is 37.7. The summed E-state index contributed by atoms with van der Waals surface area (Å²) in [5.41, 5.74) is 0. The number of aliphatic hydroxyl groups is 16. The average molecular weight is 1170 g/mol. The number of rotatable bonds is 20. The van der Waals surface area contributed by atoms with Crippen molar-refractivity contribution in [3.63, 3.8) is 0 Å². The molecule has 0 aliphatic carbocycles. The zero-order valence-electron chi connectivity index (χ0n) is 43.8. The monoisotopic (exact) mass is 1170 g/mol. The molecule has 13 unspecified atom stereocenters. The number of hydrogen-bond donors (Lipinski definition) is 20. The van der Waals surface area contributed by atoms with Gasteiger partial charge in [-0.1, -0.05) is 0 Å². The summed E-state index contributed by atoms with van der Waals surface area (Å²) in [6.45, 7) is -0.336. The molecule has 6 rings (SSSR count). The van der Waals surface area contributed by atoms with Crippen LogP contribution in [0.15, 0.2) is 0 Å². The van der Waals surface area contributed by atoms with Crippen molar-refractivity contribution in [2.45, 2.75) is 218 Å². The highest BCUT2D eigenvalue weighted by Crippen LogP contribution is 2.39. The summed E-state index contributed by atoms with van der Waals surface area (Å²) in [4.78, 5) is 49.6. The van der Waals surface area contributed by atoms with Crippen LogP contribution in [0.4, 0.5) is 0 Å². The third kappa shape index (κ3) is 14.3. The molecule has 6 aliphatic heterocycles. The molecule has 35 heteroatoms. The SMILES string of the molecule is CC(=O)NC1[C@H](O[C@@H]2C(O)[C@H](O[C@@H]3C(CO)O[C@@H](O[C@@H]4C(O)[C@@](O)(O[C@@H]5C(CO)O[C@@H](O[C@@H]6C(NC(C)=O)C(C)OC(CO)[C@@H]6O)C(NC(C)=O)[C@H]5O)OC(CO)[C@@H]4O)C(NC(C)=O)[C@H]3O)OC(CO)[C@@H]2O)OC(CO)[C@@H](O)[C@@H]1O. The van der Waals surface area contributed by atoms with E-state index in [1.54, 1.807) is 0 Å². The Hall–Kier alpha value is -3.20. The summed E-state index contributed by atoms with van der Waals surface area (Å²) >= 11 is 0. The molecule has 30 atom stereocenters. The number of carbonyl (C=O) groups is 4. The lowest BCUT2D eigenvalue weighted by molar-refractivity contribution is -0.479. The summed E-state index contributed by atoms with van der Waals surface area (Å²) in [6, 6.07) is -6.40. The van der Waals surface area contributed by atoms with E-state index in [1.807, 2.05) is 0 Å². The van der Waals surface area contributed by atoms with Gasteiger partial charge in [-0.05, 0) is 6.92 Å². The van der Waals surface area contributed by atoms with Crippen LogP contribution < -0.4 is 21.3 Å². The molecule has 6 aliphatic rings. The van der Waals surface area contributed by atoms with E-state index >= 15 is 0 Å². The molecule has 0 aromatic rings. The van der Waals surface area contributed by atoms with Crippen molar-refractivity contribution in [2.24, 2.45) is 0 Å². The summed E-state index contributed by atoms with van der Waals surface area (Å²) in [5.74, 6) is -6.64. The van der Waals surface area contributed by atoms with Gasteiger partial charge < -0.3 is 155 Å². The van der Waals surface area contributed by atoms with Crippen molar-refractivity contribution in [1.82, 2.24) is 21.3 Å². The van der Waals surface area contributed by atoms with Gasteiger partial charge in [0.05, 0.1) is 51.8 Å². The maximum atomic E-state index is 12.7. The van der Waals surface area contributed by atoms with E-state index in [4.69, 9.17) is 52.1 Å². The fourth-order valence-corrected chi connectivity index (χ4v) is 10.4. The van der Waals surface area contributed by atoms with Gasteiger partial charge in [0.15, 0.2) is 31.3 Å². The second kappa shape index (κ2) is 28.1. The van der Waals surface area contributed by atoms with Crippen LogP contribution in [0.2, 0.25) is 0 Å². The van der Waals surface area contributed by atoms with E-state index < -0.39 is 247 Å². The molecule has 0 aromatic carbocycles. The van der Waals surface area contributed by atoms with Gasteiger partial charge in [-0.2, -0.15) is 0 Å². The van der Waals surface area contributed by atoms with Gasteiger partial charge in [0.2, 0.25) is 23.6 Å². The van der Waals surface area contributed by atoms with Crippen LogP contribution in [0.3, 0.4) is 0 Å². The van der Waals surface area contributed by atoms with Crippen LogP contribution in [-0.4, -0.2) is 328 Å². The lowest BCUT2D eigenvalue weighted by Crippen LogP contribution is -2.73. The van der Waals surface area contributed by atoms with Crippen molar-refractivity contribution in [2.75, 3.05) is 39.6 Å². The van der Waals surface area contributed by atoms with Gasteiger partial charge in [-0.15, -0.1) is 0 Å². The summed E-state index contributed by atoms with van der Waals surface area (Å²) in [6.07, 6.45) is -47.3. The van der Waals surface area contributed by atoms with Crippen molar-refractivity contribution in [1.29, 1.82) is 0 Å². The van der Waals surface area contributed by atoms with Crippen LogP contribution in [0.1, 0.15) is 34.6 Å². The van der Waals surface area contributed by atoms with Crippen LogP contribution in [0, 0.1) is 0 Å². The number of carbonyl (C=O) groups excluding carboxylic acids is 4. The Morgan fingerprint density at radius 3 is 1.23 bits per heavy atom. The Bertz CT molecular complexity index is 2040. The standard InChI is InChI=1S/C45H76N4O31/c1-12-23(46-13(2)56)37(28(61)18(7-51)70-12)76-42-26(49-16(5)59)33(66)36(22(11-55)74-42)80-45(69)40(68)39(30(63)20(9-53)79-45)78-43-25(48-15(4)58)32(65)35(21(10-54)73-43)75-44-34(67)38(29(62)19(8-52)72-44)77-41-24(47-14(3)57)31(64)27(60)17(6-50)71-41/h12,17-44,50-55,60-69H,6-11H2,1-5H3,(H,46,56)(H,47,57)(H,48,58)(H,49,59)/t12?,17?,18?,19?,20?,21?,22?,23?,24?,25?,26?,27-,28+,29+,30+,31-,32-,33-,34?,35-,36-,37-,38+,39+,40?,41+,42+,43+,44+,45+/m1/s1. The second-order valence-corrected chi connectivity index (χ2v) is 20.2. The summed E-state index contributed by atoms with van der Waals surface area (Å²) in [7, 11) is 0. The minimum absolute atomic E-state index is 0.598. The highest BCUT2D eigenvalue weighted by molar-refractivity contribution is 5.74. The smallest absolute Gasteiger partial charge is 0.311 e. The molecule has 6 saturated heterocycles. The third-order valence-electron chi connectivity index (χ3n) is 14.4. The molecule has 0 saturated carbocycles. The lowest BCUT2D eigenvalue weighted by Gasteiger charge is -2.52. The molecule has 6 heterocycles. The maximum absolute atomic E-state index is 12.7. The Balaban J connectivity index is 1.24. The third-order valence-corrected chi connectivity index (χ3v) is 14.4. The van der Waals surface area contributed by atoms with E-state index in [2.05, 4.69) is 21.3 Å². The number of hydrogen-bond acceptors (Lipinski definition) is 31. The molecule has 80 heavy (non-hydrogen) atoms. The van der Waals surface area contributed by atoms with Gasteiger partial charge in [0.1, 0.15) is 134 Å². The van der Waals surface area contributed by atoms with Crippen molar-refractivity contribution < 1.29 is 153 Å². The topological polar surface area (TPSA) is 542 Å². The van der Waals surface area contributed by atoms with Crippen molar-refractivity contribution in [3.8, 4) is 0 Å². The molecular formula is C45H76N4O31. The average Bonchev–Trinajstić information content (AvgIpc) is 3.40. The van der Waals surface area contributed by atoms with Gasteiger partial charge in [-0.3, -0.25) is 19.2 Å². The predicted molar refractivity (Wildman–Crippen MR) is 250 cm³/mol. The molecule has 20 N–H and O–H groups in total. The summed E-state index contributed by atoms with van der Waals surface area (Å²) in [5, 5.41) is 186. The Morgan fingerprint density at radius 1 is 0.388 bits per heavy atom. The van der Waals surface area contributed by atoms with Crippen molar-refractivity contribution in [3.05, 3.63) is 0 Å². The molecular weight excluding hydrogens is 1090 g/mol. The Labute approximate surface area is 455 Å². The highest BCUT2D eigenvalue weighted by Gasteiger charge is 2.62. The first-order valence-corrected chi connectivity index (χ1v) is 25.5. The first-order valence-electron chi connectivity index (χ1n) is 25.5. The Morgan fingerprint density at radius 2 is 0.738 bits per heavy atom. The lowest BCUT2D eigenvalue weighted by atomic mass is 9.92. The molecule has 0 radical (unpaired) electrons. The summed E-state index contributed by atoms with van der Waals surface area (Å²) < 4.78 is 63.6. The maximum Gasteiger partial charge on any atom is 0.311 e. The number of ether oxygens (including phenoxy) is 11. The molecule has 0 aromatic heterocycles. The largest absolute Gasteiger partial charge is 0.394 e. The fraction of sp³-hybridized carbons (Fsp3) is 0.911. The molecule has 35 nitrogen and oxygen atoms in total. The molecule has 462 valence electrons. The van der Waals surface area contributed by atoms with Gasteiger partial charge >= 0.3 is 5.97 Å². The predicted octanol–water partition coefficient (Wildman–Crippen LogP) is -13.1. The fourth-order valence-electron chi connectivity index (χ4n) is 10.4. The van der Waals surface area contributed by atoms with E-state index in [1.165, 1.54) is 6.92 Å². The van der Waals surface area contributed by atoms with Crippen LogP contribution in [0.25, 0.3) is 0 Å². The molecule has 4 amide bonds. The first kappa shape index (κ1) is 65.9. The Kier molecular flexibility index (Phi) is 23.2. The normalized spacial score (nSPS) is 47.2. The quantitative estimate of drug-likeness (QED) is 0.0503. The van der Waals surface area contributed by atoms with E-state index in [-0.39, 0.29) is 0 Å². The van der Waals surface area contributed by atoms with E-state index in [0.717, 1.165) is 27.7 Å². The van der Waals surface area contributed by atoms with Crippen LogP contribution in [-0.2, 0) is 71.3 Å². The molecule has 6 fully saturated rings. The molecule has 0 bridgehead atoms. The van der Waals surface area contributed by atoms with E-state index in [9.17, 15) is 101 Å². The zero-order valence-corrected chi connectivity index (χ0v) is 43.8. The highest BCUT2D eigenvalue weighted by atomic mass is 16.9.